The van der Waals surface area contributed by atoms with E-state index in [1.807, 2.05) is 50.2 Å². The zero-order valence-corrected chi connectivity index (χ0v) is 12.9. The molecule has 0 amide bonds. The molecule has 3 aromatic rings. The Balaban J connectivity index is 2.08. The number of nitrogens with one attached hydrogen (secondary N) is 1. The van der Waals surface area contributed by atoms with Crippen LogP contribution >= 0.6 is 0 Å². The summed E-state index contributed by atoms with van der Waals surface area (Å²) in [5.41, 5.74) is 3.92. The zero-order valence-electron chi connectivity index (χ0n) is 12.9. The van der Waals surface area contributed by atoms with Gasteiger partial charge in [0.25, 0.3) is 0 Å². The van der Waals surface area contributed by atoms with Crippen LogP contribution in [0.2, 0.25) is 0 Å². The minimum absolute atomic E-state index is 0.492. The highest BCUT2D eigenvalue weighted by atomic mass is 15.1. The van der Waals surface area contributed by atoms with E-state index >= 15 is 0 Å². The molecule has 0 aliphatic carbocycles. The molecule has 0 fully saturated rings. The minimum atomic E-state index is 0.492. The van der Waals surface area contributed by atoms with Gasteiger partial charge in [-0.05, 0) is 55.3 Å². The van der Waals surface area contributed by atoms with Crippen LogP contribution in [0.25, 0.3) is 11.4 Å². The third-order valence-electron chi connectivity index (χ3n) is 3.42. The first-order valence-corrected chi connectivity index (χ1v) is 7.20. The molecule has 3 aromatic heterocycles. The fraction of sp³-hybridized carbons (Fsp3) is 0.111. The van der Waals surface area contributed by atoms with Crippen LogP contribution in [-0.2, 0) is 0 Å². The van der Waals surface area contributed by atoms with Gasteiger partial charge in [0.15, 0.2) is 5.82 Å². The van der Waals surface area contributed by atoms with E-state index in [0.29, 0.717) is 17.2 Å². The molecule has 3 rings (SSSR count). The van der Waals surface area contributed by atoms with Crippen molar-refractivity contribution in [3.05, 3.63) is 65.5 Å². The molecule has 1 N–H and O–H groups in total. The van der Waals surface area contributed by atoms with Gasteiger partial charge < -0.3 is 5.32 Å². The average Bonchev–Trinajstić information content (AvgIpc) is 2.55. The Morgan fingerprint density at radius 1 is 1.00 bits per heavy atom. The topological polar surface area (TPSA) is 74.5 Å². The lowest BCUT2D eigenvalue weighted by Gasteiger charge is -2.11. The number of rotatable bonds is 3. The van der Waals surface area contributed by atoms with Crippen LogP contribution in [0.1, 0.15) is 16.7 Å². The van der Waals surface area contributed by atoms with Gasteiger partial charge in [0.05, 0.1) is 17.0 Å². The average molecular weight is 301 g/mol. The van der Waals surface area contributed by atoms with E-state index in [4.69, 9.17) is 0 Å². The summed E-state index contributed by atoms with van der Waals surface area (Å²) in [6.07, 6.45) is 3.44. The van der Waals surface area contributed by atoms with E-state index in [0.717, 1.165) is 22.5 Å². The lowest BCUT2D eigenvalue weighted by molar-refractivity contribution is 1.19. The summed E-state index contributed by atoms with van der Waals surface area (Å²) in [7, 11) is 0. The highest BCUT2D eigenvalue weighted by Crippen LogP contribution is 2.25. The number of nitrogens with zero attached hydrogens (tertiary/aromatic N) is 4. The summed E-state index contributed by atoms with van der Waals surface area (Å²) in [5, 5.41) is 12.6. The molecule has 3 heterocycles. The van der Waals surface area contributed by atoms with Gasteiger partial charge in [-0.3, -0.25) is 4.98 Å². The van der Waals surface area contributed by atoms with E-state index in [2.05, 4.69) is 26.3 Å². The Kier molecular flexibility index (Phi) is 3.98. The fourth-order valence-corrected chi connectivity index (χ4v) is 2.28. The summed E-state index contributed by atoms with van der Waals surface area (Å²) < 4.78 is 0. The molecule has 5 heteroatoms. The smallest absolute Gasteiger partial charge is 0.150 e. The Hall–Kier alpha value is -3.26. The van der Waals surface area contributed by atoms with E-state index < -0.39 is 0 Å². The molecular weight excluding hydrogens is 286 g/mol. The Labute approximate surface area is 134 Å². The first-order chi connectivity index (χ1) is 11.2. The number of aromatic nitrogens is 3. The second-order valence-corrected chi connectivity index (χ2v) is 5.22. The van der Waals surface area contributed by atoms with Crippen LogP contribution in [0.4, 0.5) is 11.6 Å². The van der Waals surface area contributed by atoms with Gasteiger partial charge in [-0.2, -0.15) is 5.26 Å². The predicted molar refractivity (Wildman–Crippen MR) is 89.2 cm³/mol. The van der Waals surface area contributed by atoms with Crippen molar-refractivity contribution >= 4 is 11.6 Å². The van der Waals surface area contributed by atoms with E-state index in [-0.39, 0.29) is 0 Å². The van der Waals surface area contributed by atoms with Crippen LogP contribution in [0.5, 0.6) is 0 Å². The first kappa shape index (κ1) is 14.7. The maximum Gasteiger partial charge on any atom is 0.150 e. The molecule has 0 saturated carbocycles. The molecule has 112 valence electrons. The SMILES string of the molecule is Cc1ccnc(Nc2nc(-c3ccccn3)cc(C)c2C#N)c1. The first-order valence-electron chi connectivity index (χ1n) is 7.20. The molecule has 5 nitrogen and oxygen atoms in total. The van der Waals surface area contributed by atoms with Crippen LogP contribution in [-0.4, -0.2) is 15.0 Å². The quantitative estimate of drug-likeness (QED) is 0.797. The van der Waals surface area contributed by atoms with Gasteiger partial charge in [-0.1, -0.05) is 6.07 Å². The molecule has 0 radical (unpaired) electrons. The number of hydrogen-bond acceptors (Lipinski definition) is 5. The molecule has 23 heavy (non-hydrogen) atoms. The summed E-state index contributed by atoms with van der Waals surface area (Å²) >= 11 is 0. The lowest BCUT2D eigenvalue weighted by atomic mass is 10.1. The Bertz CT molecular complexity index is 882. The summed E-state index contributed by atoms with van der Waals surface area (Å²) in [6.45, 7) is 3.88. The second-order valence-electron chi connectivity index (χ2n) is 5.22. The van der Waals surface area contributed by atoms with Gasteiger partial charge in [0.2, 0.25) is 0 Å². The maximum absolute atomic E-state index is 9.43. The van der Waals surface area contributed by atoms with Crippen LogP contribution in [0.3, 0.4) is 0 Å². The molecule has 0 aromatic carbocycles. The summed E-state index contributed by atoms with van der Waals surface area (Å²) in [5.74, 6) is 1.15. The van der Waals surface area contributed by atoms with Crippen molar-refractivity contribution in [3.63, 3.8) is 0 Å². The van der Waals surface area contributed by atoms with Crippen molar-refractivity contribution in [3.8, 4) is 17.5 Å². The largest absolute Gasteiger partial charge is 0.324 e. The summed E-state index contributed by atoms with van der Waals surface area (Å²) in [4.78, 5) is 13.1. The van der Waals surface area contributed by atoms with Gasteiger partial charge in [-0.15, -0.1) is 0 Å². The van der Waals surface area contributed by atoms with E-state index in [1.54, 1.807) is 12.4 Å². The molecule has 0 unspecified atom stereocenters. The molecular formula is C18H15N5. The van der Waals surface area contributed by atoms with E-state index in [1.165, 1.54) is 0 Å². The third-order valence-corrected chi connectivity index (χ3v) is 3.42. The number of anilines is 2. The van der Waals surface area contributed by atoms with Crippen molar-refractivity contribution in [1.29, 1.82) is 5.26 Å². The van der Waals surface area contributed by atoms with Crippen LogP contribution in [0.15, 0.2) is 48.8 Å². The van der Waals surface area contributed by atoms with Crippen molar-refractivity contribution in [2.75, 3.05) is 5.32 Å². The Morgan fingerprint density at radius 2 is 1.87 bits per heavy atom. The maximum atomic E-state index is 9.43. The lowest BCUT2D eigenvalue weighted by Crippen LogP contribution is -2.02. The number of pyridine rings is 3. The van der Waals surface area contributed by atoms with Gasteiger partial charge in [0.1, 0.15) is 11.9 Å². The van der Waals surface area contributed by atoms with Crippen LogP contribution < -0.4 is 5.32 Å². The predicted octanol–water partition coefficient (Wildman–Crippen LogP) is 3.77. The Morgan fingerprint density at radius 3 is 2.57 bits per heavy atom. The van der Waals surface area contributed by atoms with Crippen LogP contribution in [0, 0.1) is 25.2 Å². The van der Waals surface area contributed by atoms with Gasteiger partial charge in [0, 0.05) is 12.4 Å². The number of nitriles is 1. The third kappa shape index (κ3) is 3.16. The fourth-order valence-electron chi connectivity index (χ4n) is 2.28. The van der Waals surface area contributed by atoms with Crippen molar-refractivity contribution < 1.29 is 0 Å². The van der Waals surface area contributed by atoms with Gasteiger partial charge in [-0.25, -0.2) is 9.97 Å². The number of hydrogen-bond donors (Lipinski definition) is 1. The van der Waals surface area contributed by atoms with Crippen molar-refractivity contribution in [1.82, 2.24) is 15.0 Å². The van der Waals surface area contributed by atoms with Crippen molar-refractivity contribution in [2.45, 2.75) is 13.8 Å². The molecule has 0 bridgehead atoms. The monoisotopic (exact) mass is 301 g/mol. The summed E-state index contributed by atoms with van der Waals surface area (Å²) in [6, 6.07) is 13.6. The molecule has 0 spiro atoms. The molecule has 0 aliphatic rings. The highest BCUT2D eigenvalue weighted by Gasteiger charge is 2.12. The van der Waals surface area contributed by atoms with Crippen molar-refractivity contribution in [2.24, 2.45) is 0 Å². The zero-order chi connectivity index (χ0) is 16.2. The van der Waals surface area contributed by atoms with Gasteiger partial charge >= 0.3 is 0 Å². The molecule has 0 atom stereocenters. The molecule has 0 aliphatic heterocycles. The molecule has 0 saturated heterocycles. The number of aryl methyl sites for hydroxylation is 2. The standard InChI is InChI=1S/C18H15N5/c1-12-6-8-21-17(9-12)23-18-14(11-19)13(2)10-16(22-18)15-5-3-4-7-20-15/h3-10H,1-2H3,(H,21,22,23). The normalized spacial score (nSPS) is 10.1. The van der Waals surface area contributed by atoms with E-state index in [9.17, 15) is 5.26 Å². The minimum Gasteiger partial charge on any atom is -0.324 e. The second kappa shape index (κ2) is 6.24. The highest BCUT2D eigenvalue weighted by molar-refractivity contribution is 5.68.